The maximum Gasteiger partial charge on any atom is 0.129 e. The zero-order valence-electron chi connectivity index (χ0n) is 12.0. The third kappa shape index (κ3) is 2.54. The van der Waals surface area contributed by atoms with E-state index in [0.717, 1.165) is 22.5 Å². The van der Waals surface area contributed by atoms with E-state index < -0.39 is 0 Å². The first kappa shape index (κ1) is 14.4. The molecule has 0 N–H and O–H groups in total. The Labute approximate surface area is 134 Å². The van der Waals surface area contributed by atoms with Gasteiger partial charge in [-0.25, -0.2) is 4.98 Å². The van der Waals surface area contributed by atoms with Crippen molar-refractivity contribution in [3.8, 4) is 5.69 Å². The van der Waals surface area contributed by atoms with Crippen molar-refractivity contribution in [1.82, 2.24) is 9.55 Å². The summed E-state index contributed by atoms with van der Waals surface area (Å²) in [5.74, 6) is 1.66. The molecule has 3 rings (SSSR count). The summed E-state index contributed by atoms with van der Waals surface area (Å²) in [5.41, 5.74) is 4.15. The minimum Gasteiger partial charge on any atom is -0.295 e. The van der Waals surface area contributed by atoms with Crippen molar-refractivity contribution in [1.29, 1.82) is 0 Å². The maximum absolute atomic E-state index is 6.23. The fraction of sp³-hybridized carbons (Fsp3) is 0.235. The number of nitrogens with zero attached hydrogens (tertiary/aromatic N) is 2. The van der Waals surface area contributed by atoms with Crippen LogP contribution >= 0.6 is 23.2 Å². The first-order valence-electron chi connectivity index (χ1n) is 6.94. The number of alkyl halides is 1. The van der Waals surface area contributed by atoms with E-state index >= 15 is 0 Å². The quantitative estimate of drug-likeness (QED) is 0.579. The first-order chi connectivity index (χ1) is 10.1. The van der Waals surface area contributed by atoms with Crippen LogP contribution < -0.4 is 0 Å². The molecule has 0 saturated heterocycles. The minimum absolute atomic E-state index is 0.344. The molecule has 0 spiro atoms. The van der Waals surface area contributed by atoms with Crippen molar-refractivity contribution in [2.24, 2.45) is 0 Å². The number of para-hydroxylation sites is 1. The normalized spacial score (nSPS) is 11.5. The van der Waals surface area contributed by atoms with E-state index in [9.17, 15) is 0 Å². The van der Waals surface area contributed by atoms with E-state index in [1.165, 1.54) is 5.56 Å². The lowest BCUT2D eigenvalue weighted by molar-refractivity contribution is 0.864. The second-order valence-electron chi connectivity index (χ2n) is 5.35. The number of benzene rings is 2. The van der Waals surface area contributed by atoms with Crippen LogP contribution in [0, 0.1) is 0 Å². The molecule has 0 aliphatic heterocycles. The highest BCUT2D eigenvalue weighted by molar-refractivity contribution is 6.35. The fourth-order valence-corrected chi connectivity index (χ4v) is 2.89. The Balaban J connectivity index is 2.21. The summed E-state index contributed by atoms with van der Waals surface area (Å²) >= 11 is 12.3. The molecule has 0 aliphatic rings. The standard InChI is InChI=1S/C17H16Cl2N2/c1-11(2)12-6-8-13(9-7-12)21-15-5-3-4-14(19)17(15)20-16(21)10-18/h3-9,11H,10H2,1-2H3. The molecular weight excluding hydrogens is 303 g/mol. The van der Waals surface area contributed by atoms with Crippen LogP contribution in [0.4, 0.5) is 0 Å². The Hall–Kier alpha value is -1.51. The number of rotatable bonds is 3. The molecule has 0 fully saturated rings. The van der Waals surface area contributed by atoms with E-state index in [1.54, 1.807) is 0 Å². The van der Waals surface area contributed by atoms with Crippen molar-refractivity contribution < 1.29 is 0 Å². The Morgan fingerprint density at radius 3 is 2.43 bits per heavy atom. The molecule has 0 unspecified atom stereocenters. The van der Waals surface area contributed by atoms with Crippen LogP contribution in [0.3, 0.4) is 0 Å². The maximum atomic E-state index is 6.23. The predicted octanol–water partition coefficient (Wildman–Crippen LogP) is 5.54. The Bertz CT molecular complexity index is 773. The molecule has 4 heteroatoms. The lowest BCUT2D eigenvalue weighted by Crippen LogP contribution is -1.99. The molecule has 0 radical (unpaired) electrons. The van der Waals surface area contributed by atoms with Crippen LogP contribution in [0.1, 0.15) is 31.2 Å². The Kier molecular flexibility index (Phi) is 3.92. The number of aromatic nitrogens is 2. The van der Waals surface area contributed by atoms with Crippen molar-refractivity contribution in [2.45, 2.75) is 25.6 Å². The van der Waals surface area contributed by atoms with Gasteiger partial charge in [-0.05, 0) is 35.7 Å². The molecule has 0 bridgehead atoms. The monoisotopic (exact) mass is 318 g/mol. The predicted molar refractivity (Wildman–Crippen MR) is 89.7 cm³/mol. The van der Waals surface area contributed by atoms with Crippen LogP contribution in [0.5, 0.6) is 0 Å². The smallest absolute Gasteiger partial charge is 0.129 e. The first-order valence-corrected chi connectivity index (χ1v) is 7.85. The molecule has 3 aromatic rings. The van der Waals surface area contributed by atoms with Gasteiger partial charge in [-0.15, -0.1) is 11.6 Å². The molecule has 2 aromatic carbocycles. The lowest BCUT2D eigenvalue weighted by atomic mass is 10.0. The second kappa shape index (κ2) is 5.70. The molecule has 0 saturated carbocycles. The molecule has 1 aromatic heterocycles. The Morgan fingerprint density at radius 2 is 1.81 bits per heavy atom. The number of imidazole rings is 1. The van der Waals surface area contributed by atoms with Gasteiger partial charge in [0.1, 0.15) is 11.3 Å². The van der Waals surface area contributed by atoms with Crippen LogP contribution in [0.15, 0.2) is 42.5 Å². The largest absolute Gasteiger partial charge is 0.295 e. The van der Waals surface area contributed by atoms with E-state index in [0.29, 0.717) is 16.8 Å². The number of hydrogen-bond donors (Lipinski definition) is 0. The summed E-state index contributed by atoms with van der Waals surface area (Å²) in [5, 5.41) is 0.649. The summed E-state index contributed by atoms with van der Waals surface area (Å²) in [4.78, 5) is 4.56. The Morgan fingerprint density at radius 1 is 1.10 bits per heavy atom. The molecule has 108 valence electrons. The van der Waals surface area contributed by atoms with Crippen molar-refractivity contribution in [3.05, 3.63) is 58.9 Å². The molecular formula is C17H16Cl2N2. The van der Waals surface area contributed by atoms with Gasteiger partial charge in [0.15, 0.2) is 0 Å². The van der Waals surface area contributed by atoms with Crippen LogP contribution in [-0.4, -0.2) is 9.55 Å². The van der Waals surface area contributed by atoms with Crippen LogP contribution in [0.2, 0.25) is 5.02 Å². The van der Waals surface area contributed by atoms with Gasteiger partial charge in [-0.3, -0.25) is 4.57 Å². The summed E-state index contributed by atoms with van der Waals surface area (Å²) in [6, 6.07) is 14.3. The fourth-order valence-electron chi connectivity index (χ4n) is 2.50. The molecule has 0 amide bonds. The van der Waals surface area contributed by atoms with Gasteiger partial charge >= 0.3 is 0 Å². The van der Waals surface area contributed by atoms with Gasteiger partial charge in [0, 0.05) is 5.69 Å². The highest BCUT2D eigenvalue weighted by Gasteiger charge is 2.13. The summed E-state index contributed by atoms with van der Waals surface area (Å²) in [6.45, 7) is 4.37. The van der Waals surface area contributed by atoms with Gasteiger partial charge in [-0.1, -0.05) is 43.6 Å². The van der Waals surface area contributed by atoms with Crippen molar-refractivity contribution in [2.75, 3.05) is 0 Å². The highest BCUT2D eigenvalue weighted by atomic mass is 35.5. The SMILES string of the molecule is CC(C)c1ccc(-n2c(CCl)nc3c(Cl)cccc32)cc1. The van der Waals surface area contributed by atoms with Crippen LogP contribution in [0.25, 0.3) is 16.7 Å². The van der Waals surface area contributed by atoms with Gasteiger partial charge in [0.2, 0.25) is 0 Å². The zero-order chi connectivity index (χ0) is 15.0. The van der Waals surface area contributed by atoms with E-state index in [-0.39, 0.29) is 0 Å². The van der Waals surface area contributed by atoms with E-state index in [1.807, 2.05) is 18.2 Å². The topological polar surface area (TPSA) is 17.8 Å². The molecule has 1 heterocycles. The number of hydrogen-bond acceptors (Lipinski definition) is 1. The highest BCUT2D eigenvalue weighted by Crippen LogP contribution is 2.28. The molecule has 2 nitrogen and oxygen atoms in total. The van der Waals surface area contributed by atoms with Gasteiger partial charge in [-0.2, -0.15) is 0 Å². The number of halogens is 2. The van der Waals surface area contributed by atoms with E-state index in [2.05, 4.69) is 47.7 Å². The number of fused-ring (bicyclic) bond motifs is 1. The van der Waals surface area contributed by atoms with E-state index in [4.69, 9.17) is 23.2 Å². The summed E-state index contributed by atoms with van der Waals surface area (Å²) in [7, 11) is 0. The zero-order valence-corrected chi connectivity index (χ0v) is 13.5. The molecule has 21 heavy (non-hydrogen) atoms. The molecule has 0 atom stereocenters. The second-order valence-corrected chi connectivity index (χ2v) is 6.03. The third-order valence-corrected chi connectivity index (χ3v) is 4.19. The van der Waals surface area contributed by atoms with Gasteiger partial charge < -0.3 is 0 Å². The summed E-state index contributed by atoms with van der Waals surface area (Å²) < 4.78 is 2.07. The van der Waals surface area contributed by atoms with Gasteiger partial charge in [0.25, 0.3) is 0 Å². The lowest BCUT2D eigenvalue weighted by Gasteiger charge is -2.10. The average Bonchev–Trinajstić information content (AvgIpc) is 2.87. The summed E-state index contributed by atoms with van der Waals surface area (Å²) in [6.07, 6.45) is 0. The minimum atomic E-state index is 0.344. The van der Waals surface area contributed by atoms with Crippen molar-refractivity contribution in [3.63, 3.8) is 0 Å². The third-order valence-electron chi connectivity index (χ3n) is 3.64. The molecule has 0 aliphatic carbocycles. The average molecular weight is 319 g/mol. The van der Waals surface area contributed by atoms with Crippen LogP contribution in [-0.2, 0) is 5.88 Å². The van der Waals surface area contributed by atoms with Crippen molar-refractivity contribution >= 4 is 34.2 Å². The van der Waals surface area contributed by atoms with Gasteiger partial charge in [0.05, 0.1) is 16.4 Å².